The largest absolute Gasteiger partial charge is 0.449 e. The van der Waals surface area contributed by atoms with Gasteiger partial charge in [-0.25, -0.2) is 17.2 Å². The summed E-state index contributed by atoms with van der Waals surface area (Å²) >= 11 is 3.12. The highest BCUT2D eigenvalue weighted by Crippen LogP contribution is 2.38. The number of ether oxygens (including phenoxy) is 1. The van der Waals surface area contributed by atoms with Gasteiger partial charge in [-0.1, -0.05) is 33.6 Å². The van der Waals surface area contributed by atoms with Crippen LogP contribution in [0.4, 0.5) is 27.6 Å². The minimum atomic E-state index is -4.95. The van der Waals surface area contributed by atoms with Crippen molar-refractivity contribution in [2.24, 2.45) is 0 Å². The molecule has 0 radical (unpaired) electrons. The summed E-state index contributed by atoms with van der Waals surface area (Å²) in [5.74, 6) is -4.64. The number of aryl methyl sites for hydroxylation is 1. The molecule has 0 aliphatic heterocycles. The Morgan fingerprint density at radius 1 is 0.935 bits per heavy atom. The molecule has 0 fully saturated rings. The zero-order valence-electron chi connectivity index (χ0n) is 15.6. The lowest BCUT2D eigenvalue weighted by Gasteiger charge is -2.16. The Hall–Kier alpha value is -2.66. The smallest absolute Gasteiger partial charge is 0.416 e. The van der Waals surface area contributed by atoms with Crippen molar-refractivity contribution in [3.63, 3.8) is 0 Å². The molecule has 11 heteroatoms. The molecular weight excluding hydrogens is 509 g/mol. The lowest BCUT2D eigenvalue weighted by atomic mass is 10.2. The Bertz CT molecular complexity index is 1210. The maximum atomic E-state index is 14.2. The number of hydrogen-bond acceptors (Lipinski definition) is 3. The molecule has 31 heavy (non-hydrogen) atoms. The molecule has 0 heterocycles. The fourth-order valence-electron chi connectivity index (χ4n) is 2.52. The van der Waals surface area contributed by atoms with Crippen LogP contribution in [0.25, 0.3) is 0 Å². The van der Waals surface area contributed by atoms with Crippen LogP contribution in [0.5, 0.6) is 11.5 Å². The van der Waals surface area contributed by atoms with E-state index in [2.05, 4.69) is 20.7 Å². The Kier molecular flexibility index (Phi) is 6.28. The summed E-state index contributed by atoms with van der Waals surface area (Å²) in [6.07, 6.45) is -4.95. The number of sulfonamides is 1. The number of anilines is 1. The molecule has 4 nitrogen and oxygen atoms in total. The molecule has 0 aliphatic carbocycles. The molecule has 0 atom stereocenters. The van der Waals surface area contributed by atoms with E-state index in [0.29, 0.717) is 4.47 Å². The lowest BCUT2D eigenvalue weighted by Crippen LogP contribution is -2.13. The molecule has 0 amide bonds. The van der Waals surface area contributed by atoms with E-state index in [-0.39, 0.29) is 28.5 Å². The van der Waals surface area contributed by atoms with Gasteiger partial charge in [0.15, 0.2) is 23.1 Å². The lowest BCUT2D eigenvalue weighted by molar-refractivity contribution is -0.138. The molecule has 0 saturated heterocycles. The molecule has 3 aromatic rings. The van der Waals surface area contributed by atoms with Crippen LogP contribution in [-0.4, -0.2) is 8.42 Å². The monoisotopic (exact) mass is 521 g/mol. The van der Waals surface area contributed by atoms with Crippen LogP contribution in [0.3, 0.4) is 0 Å². The summed E-state index contributed by atoms with van der Waals surface area (Å²) in [5, 5.41) is 0. The second-order valence-electron chi connectivity index (χ2n) is 6.43. The SMILES string of the molecule is Cc1ccc(S(=O)(=O)Nc2ccc(Br)cc2Oc2c(F)cc(C(F)(F)F)cc2F)cc1. The molecule has 164 valence electrons. The van der Waals surface area contributed by atoms with Crippen molar-refractivity contribution >= 4 is 31.6 Å². The highest BCUT2D eigenvalue weighted by atomic mass is 79.9. The Morgan fingerprint density at radius 3 is 2.06 bits per heavy atom. The van der Waals surface area contributed by atoms with E-state index in [1.165, 1.54) is 30.3 Å². The summed E-state index contributed by atoms with van der Waals surface area (Å²) < 4.78 is 99.6. The van der Waals surface area contributed by atoms with Crippen LogP contribution in [0, 0.1) is 18.6 Å². The molecule has 0 unspecified atom stereocenters. The molecule has 1 N–H and O–H groups in total. The minimum Gasteiger partial charge on any atom is -0.449 e. The van der Waals surface area contributed by atoms with E-state index >= 15 is 0 Å². The third kappa shape index (κ3) is 5.34. The van der Waals surface area contributed by atoms with Gasteiger partial charge in [0.2, 0.25) is 0 Å². The summed E-state index contributed by atoms with van der Waals surface area (Å²) in [6, 6.07) is 10.0. The molecule has 3 rings (SSSR count). The maximum Gasteiger partial charge on any atom is 0.416 e. The second-order valence-corrected chi connectivity index (χ2v) is 9.03. The van der Waals surface area contributed by atoms with E-state index in [4.69, 9.17) is 4.74 Å². The predicted octanol–water partition coefficient (Wildman–Crippen LogP) is 6.65. The first kappa shape index (κ1) is 23.0. The highest BCUT2D eigenvalue weighted by molar-refractivity contribution is 9.10. The molecule has 0 spiro atoms. The maximum absolute atomic E-state index is 14.2. The second kappa shape index (κ2) is 8.46. The van der Waals surface area contributed by atoms with Crippen molar-refractivity contribution in [3.8, 4) is 11.5 Å². The van der Waals surface area contributed by atoms with Gasteiger partial charge in [-0.3, -0.25) is 4.72 Å². The van der Waals surface area contributed by atoms with Gasteiger partial charge in [-0.2, -0.15) is 13.2 Å². The highest BCUT2D eigenvalue weighted by Gasteiger charge is 2.33. The number of halogens is 6. The van der Waals surface area contributed by atoms with Crippen molar-refractivity contribution in [2.75, 3.05) is 4.72 Å². The van der Waals surface area contributed by atoms with Crippen molar-refractivity contribution in [1.29, 1.82) is 0 Å². The van der Waals surface area contributed by atoms with Crippen molar-refractivity contribution in [2.45, 2.75) is 18.0 Å². The summed E-state index contributed by atoms with van der Waals surface area (Å²) in [5.41, 5.74) is -0.869. The minimum absolute atomic E-state index is 0.0705. The number of nitrogens with one attached hydrogen (secondary N) is 1. The number of benzene rings is 3. The Balaban J connectivity index is 1.99. The zero-order valence-corrected chi connectivity index (χ0v) is 18.0. The van der Waals surface area contributed by atoms with Gasteiger partial charge in [0.25, 0.3) is 10.0 Å². The first-order valence-corrected chi connectivity index (χ1v) is 10.8. The molecule has 0 saturated carbocycles. The number of rotatable bonds is 5. The van der Waals surface area contributed by atoms with Gasteiger partial charge in [0.1, 0.15) is 0 Å². The van der Waals surface area contributed by atoms with E-state index in [9.17, 15) is 30.4 Å². The molecule has 0 bridgehead atoms. The average molecular weight is 522 g/mol. The van der Waals surface area contributed by atoms with E-state index < -0.39 is 39.1 Å². The molecule has 3 aromatic carbocycles. The standard InChI is InChI=1S/C20H13BrF5NO3S/c1-11-2-5-14(6-3-11)31(28,29)27-17-7-4-13(21)10-18(17)30-19-15(22)8-12(9-16(19)23)20(24,25)26/h2-10,27H,1H3. The van der Waals surface area contributed by atoms with E-state index in [1.54, 1.807) is 19.1 Å². The van der Waals surface area contributed by atoms with Gasteiger partial charge in [0.05, 0.1) is 16.1 Å². The van der Waals surface area contributed by atoms with Crippen LogP contribution in [-0.2, 0) is 16.2 Å². The first-order chi connectivity index (χ1) is 14.4. The quantitative estimate of drug-likeness (QED) is 0.382. The fourth-order valence-corrected chi connectivity index (χ4v) is 3.93. The third-order valence-corrected chi connectivity index (χ3v) is 5.93. The zero-order chi connectivity index (χ0) is 23.0. The molecule has 0 aliphatic rings. The van der Waals surface area contributed by atoms with Gasteiger partial charge in [-0.05, 0) is 49.4 Å². The third-order valence-electron chi connectivity index (χ3n) is 4.06. The average Bonchev–Trinajstić information content (AvgIpc) is 2.66. The summed E-state index contributed by atoms with van der Waals surface area (Å²) in [4.78, 5) is -0.0705. The van der Waals surface area contributed by atoms with Crippen molar-refractivity contribution < 1.29 is 35.1 Å². The molecular formula is C20H13BrF5NO3S. The van der Waals surface area contributed by atoms with Crippen LogP contribution in [0.15, 0.2) is 64.0 Å². The van der Waals surface area contributed by atoms with Crippen LogP contribution < -0.4 is 9.46 Å². The topological polar surface area (TPSA) is 55.4 Å². The van der Waals surface area contributed by atoms with Crippen molar-refractivity contribution in [1.82, 2.24) is 0 Å². The van der Waals surface area contributed by atoms with E-state index in [1.807, 2.05) is 0 Å². The van der Waals surface area contributed by atoms with Gasteiger partial charge in [0, 0.05) is 4.47 Å². The van der Waals surface area contributed by atoms with Crippen LogP contribution >= 0.6 is 15.9 Å². The van der Waals surface area contributed by atoms with Crippen LogP contribution in [0.1, 0.15) is 11.1 Å². The number of alkyl halides is 3. The predicted molar refractivity (Wildman–Crippen MR) is 108 cm³/mol. The number of hydrogen-bond donors (Lipinski definition) is 1. The first-order valence-electron chi connectivity index (χ1n) is 8.50. The van der Waals surface area contributed by atoms with Gasteiger partial charge >= 0.3 is 6.18 Å². The summed E-state index contributed by atoms with van der Waals surface area (Å²) in [7, 11) is -4.09. The molecule has 0 aromatic heterocycles. The van der Waals surface area contributed by atoms with Gasteiger partial charge < -0.3 is 4.74 Å². The van der Waals surface area contributed by atoms with Crippen LogP contribution in [0.2, 0.25) is 0 Å². The Labute approximate surface area is 182 Å². The Morgan fingerprint density at radius 2 is 1.52 bits per heavy atom. The fraction of sp³-hybridized carbons (Fsp3) is 0.100. The van der Waals surface area contributed by atoms with Crippen molar-refractivity contribution in [3.05, 3.63) is 81.8 Å². The van der Waals surface area contributed by atoms with E-state index in [0.717, 1.165) is 5.56 Å². The normalized spacial score (nSPS) is 12.0. The summed E-state index contributed by atoms with van der Waals surface area (Å²) in [6.45, 7) is 1.78. The van der Waals surface area contributed by atoms with Gasteiger partial charge in [-0.15, -0.1) is 0 Å².